The number of carbonyl (C=O) groups is 3. The number of rotatable bonds is 8. The zero-order chi connectivity index (χ0) is 20.5. The summed E-state index contributed by atoms with van der Waals surface area (Å²) in [5, 5.41) is 5.24. The summed E-state index contributed by atoms with van der Waals surface area (Å²) in [5.41, 5.74) is 1.53. The number of methoxy groups -OCH3 is 1. The molecule has 2 N–H and O–H groups in total. The summed E-state index contributed by atoms with van der Waals surface area (Å²) in [6.07, 6.45) is 0.410. The van der Waals surface area contributed by atoms with E-state index in [1.54, 1.807) is 0 Å². The minimum absolute atomic E-state index is 0.136. The van der Waals surface area contributed by atoms with E-state index >= 15 is 0 Å². The largest absolute Gasteiger partial charge is 0.467 e. The fourth-order valence-electron chi connectivity index (χ4n) is 2.77. The fourth-order valence-corrected chi connectivity index (χ4v) is 2.77. The maximum absolute atomic E-state index is 13.1. The molecule has 0 saturated carbocycles. The second-order valence-electron chi connectivity index (χ2n) is 6.36. The molecule has 0 aliphatic rings. The molecule has 0 unspecified atom stereocenters. The average molecular weight is 386 g/mol. The zero-order valence-corrected chi connectivity index (χ0v) is 15.8. The molecule has 148 valence electrons. The number of hydrogen-bond donors (Lipinski definition) is 2. The molecule has 0 radical (unpaired) electrons. The maximum Gasteiger partial charge on any atom is 0.328 e. The number of amides is 2. The number of carbonyl (C=O) groups excluding carboxylic acids is 3. The van der Waals surface area contributed by atoms with Crippen molar-refractivity contribution in [2.45, 2.75) is 31.8 Å². The summed E-state index contributed by atoms with van der Waals surface area (Å²) in [5.74, 6) is -1.88. The number of halogens is 1. The Morgan fingerprint density at radius 3 is 2.04 bits per heavy atom. The Hall–Kier alpha value is -3.22. The van der Waals surface area contributed by atoms with Crippen molar-refractivity contribution in [3.8, 4) is 0 Å². The highest BCUT2D eigenvalue weighted by Gasteiger charge is 2.27. The number of esters is 1. The standard InChI is InChI=1S/C21H23FN2O4/c1-14(25)23-18(12-15-6-4-3-5-7-15)20(26)24-19(21(27)28-2)13-16-8-10-17(22)11-9-16/h3-11,18-19H,12-13H2,1-2H3,(H,23,25)(H,24,26)/t18-,19-/m0/s1. The van der Waals surface area contributed by atoms with E-state index in [9.17, 15) is 18.8 Å². The molecule has 2 rings (SSSR count). The molecule has 0 saturated heterocycles. The zero-order valence-electron chi connectivity index (χ0n) is 15.8. The molecule has 0 fully saturated rings. The topological polar surface area (TPSA) is 84.5 Å². The predicted molar refractivity (Wildman–Crippen MR) is 102 cm³/mol. The molecule has 28 heavy (non-hydrogen) atoms. The van der Waals surface area contributed by atoms with Gasteiger partial charge in [-0.25, -0.2) is 9.18 Å². The van der Waals surface area contributed by atoms with Gasteiger partial charge in [0.25, 0.3) is 0 Å². The van der Waals surface area contributed by atoms with Crippen LogP contribution in [0.25, 0.3) is 0 Å². The Morgan fingerprint density at radius 2 is 1.46 bits per heavy atom. The van der Waals surface area contributed by atoms with Crippen LogP contribution < -0.4 is 10.6 Å². The highest BCUT2D eigenvalue weighted by molar-refractivity contribution is 5.90. The van der Waals surface area contributed by atoms with Gasteiger partial charge < -0.3 is 15.4 Å². The van der Waals surface area contributed by atoms with Crippen molar-refractivity contribution < 1.29 is 23.5 Å². The lowest BCUT2D eigenvalue weighted by Gasteiger charge is -2.22. The summed E-state index contributed by atoms with van der Waals surface area (Å²) in [6.45, 7) is 1.32. The first kappa shape index (κ1) is 21.1. The molecule has 2 amide bonds. The van der Waals surface area contributed by atoms with Crippen molar-refractivity contribution in [2.24, 2.45) is 0 Å². The molecule has 7 heteroatoms. The van der Waals surface area contributed by atoms with Crippen molar-refractivity contribution in [1.82, 2.24) is 10.6 Å². The van der Waals surface area contributed by atoms with Gasteiger partial charge in [-0.15, -0.1) is 0 Å². The van der Waals surface area contributed by atoms with E-state index < -0.39 is 29.8 Å². The third-order valence-electron chi connectivity index (χ3n) is 4.13. The number of nitrogens with one attached hydrogen (secondary N) is 2. The molecule has 2 aromatic rings. The fraction of sp³-hybridized carbons (Fsp3) is 0.286. The third kappa shape index (κ3) is 6.50. The van der Waals surface area contributed by atoms with Crippen LogP contribution >= 0.6 is 0 Å². The van der Waals surface area contributed by atoms with E-state index in [2.05, 4.69) is 10.6 Å². The van der Waals surface area contributed by atoms with Crippen molar-refractivity contribution in [3.05, 3.63) is 71.5 Å². The number of benzene rings is 2. The van der Waals surface area contributed by atoms with Crippen LogP contribution in [0.5, 0.6) is 0 Å². The molecule has 0 aromatic heterocycles. The Balaban J connectivity index is 2.14. The second kappa shape index (κ2) is 10.2. The SMILES string of the molecule is COC(=O)[C@H](Cc1ccc(F)cc1)NC(=O)[C@H](Cc1ccccc1)NC(C)=O. The van der Waals surface area contributed by atoms with E-state index in [0.29, 0.717) is 5.56 Å². The highest BCUT2D eigenvalue weighted by Crippen LogP contribution is 2.09. The molecule has 0 spiro atoms. The van der Waals surface area contributed by atoms with Crippen LogP contribution in [0.3, 0.4) is 0 Å². The van der Waals surface area contributed by atoms with Gasteiger partial charge in [0, 0.05) is 19.8 Å². The summed E-state index contributed by atoms with van der Waals surface area (Å²) < 4.78 is 17.9. The summed E-state index contributed by atoms with van der Waals surface area (Å²) >= 11 is 0. The first-order valence-electron chi connectivity index (χ1n) is 8.82. The summed E-state index contributed by atoms with van der Waals surface area (Å²) in [4.78, 5) is 36.4. The van der Waals surface area contributed by atoms with Crippen molar-refractivity contribution in [2.75, 3.05) is 7.11 Å². The minimum atomic E-state index is -0.963. The van der Waals surface area contributed by atoms with Gasteiger partial charge in [-0.2, -0.15) is 0 Å². The highest BCUT2D eigenvalue weighted by atomic mass is 19.1. The van der Waals surface area contributed by atoms with E-state index in [0.717, 1.165) is 5.56 Å². The molecule has 0 bridgehead atoms. The van der Waals surface area contributed by atoms with E-state index in [4.69, 9.17) is 4.74 Å². The Labute approximate surface area is 163 Å². The summed E-state index contributed by atoms with van der Waals surface area (Å²) in [7, 11) is 1.22. The van der Waals surface area contributed by atoms with Crippen LogP contribution in [0.2, 0.25) is 0 Å². The minimum Gasteiger partial charge on any atom is -0.467 e. The van der Waals surface area contributed by atoms with Crippen molar-refractivity contribution in [1.29, 1.82) is 0 Å². The van der Waals surface area contributed by atoms with Crippen LogP contribution in [0.4, 0.5) is 4.39 Å². The van der Waals surface area contributed by atoms with Gasteiger partial charge in [0.15, 0.2) is 0 Å². The normalized spacial score (nSPS) is 12.5. The Bertz CT molecular complexity index is 809. The first-order chi connectivity index (χ1) is 13.4. The van der Waals surface area contributed by atoms with Crippen LogP contribution in [-0.4, -0.2) is 37.0 Å². The molecular weight excluding hydrogens is 363 g/mol. The summed E-state index contributed by atoms with van der Waals surface area (Å²) in [6, 6.07) is 13.0. The molecule has 2 aromatic carbocycles. The van der Waals surface area contributed by atoms with Crippen LogP contribution in [0, 0.1) is 5.82 Å². The van der Waals surface area contributed by atoms with Crippen LogP contribution in [0.15, 0.2) is 54.6 Å². The smallest absolute Gasteiger partial charge is 0.328 e. The van der Waals surface area contributed by atoms with Gasteiger partial charge in [0.05, 0.1) is 7.11 Å². The van der Waals surface area contributed by atoms with Gasteiger partial charge in [-0.3, -0.25) is 9.59 Å². The van der Waals surface area contributed by atoms with Gasteiger partial charge in [0.1, 0.15) is 17.9 Å². The lowest BCUT2D eigenvalue weighted by atomic mass is 10.0. The van der Waals surface area contributed by atoms with Gasteiger partial charge in [-0.05, 0) is 23.3 Å². The molecule has 0 aliphatic heterocycles. The van der Waals surface area contributed by atoms with E-state index in [1.807, 2.05) is 30.3 Å². The lowest BCUT2D eigenvalue weighted by molar-refractivity contribution is -0.145. The molecule has 0 heterocycles. The van der Waals surface area contributed by atoms with Gasteiger partial charge in [0.2, 0.25) is 11.8 Å². The van der Waals surface area contributed by atoms with Gasteiger partial charge in [-0.1, -0.05) is 42.5 Å². The lowest BCUT2D eigenvalue weighted by Crippen LogP contribution is -2.53. The van der Waals surface area contributed by atoms with Crippen molar-refractivity contribution >= 4 is 17.8 Å². The second-order valence-corrected chi connectivity index (χ2v) is 6.36. The van der Waals surface area contributed by atoms with E-state index in [-0.39, 0.29) is 18.7 Å². The number of ether oxygens (including phenoxy) is 1. The predicted octanol–water partition coefficient (Wildman–Crippen LogP) is 1.77. The number of hydrogen-bond acceptors (Lipinski definition) is 4. The average Bonchev–Trinajstić information content (AvgIpc) is 2.68. The molecule has 2 atom stereocenters. The monoisotopic (exact) mass is 386 g/mol. The quantitative estimate of drug-likeness (QED) is 0.678. The molecule has 6 nitrogen and oxygen atoms in total. The van der Waals surface area contributed by atoms with Crippen LogP contribution in [0.1, 0.15) is 18.1 Å². The first-order valence-corrected chi connectivity index (χ1v) is 8.82. The molecule has 0 aliphatic carbocycles. The molecular formula is C21H23FN2O4. The van der Waals surface area contributed by atoms with Crippen molar-refractivity contribution in [3.63, 3.8) is 0 Å². The Morgan fingerprint density at radius 1 is 0.893 bits per heavy atom. The maximum atomic E-state index is 13.1. The van der Waals surface area contributed by atoms with Gasteiger partial charge >= 0.3 is 5.97 Å². The Kier molecular flexibility index (Phi) is 7.68. The van der Waals surface area contributed by atoms with E-state index in [1.165, 1.54) is 38.3 Å². The third-order valence-corrected chi connectivity index (χ3v) is 4.13. The van der Waals surface area contributed by atoms with Crippen LogP contribution in [-0.2, 0) is 32.0 Å².